The summed E-state index contributed by atoms with van der Waals surface area (Å²) in [7, 11) is 0. The molecule has 3 amide bonds. The Hall–Kier alpha value is -2.12. The van der Waals surface area contributed by atoms with Crippen molar-refractivity contribution in [3.8, 4) is 5.75 Å². The van der Waals surface area contributed by atoms with Crippen molar-refractivity contribution < 1.29 is 14.3 Å². The molecular formula is C19H28N4O3. The number of urea groups is 1. The predicted octanol–water partition coefficient (Wildman–Crippen LogP) is 1.19. The van der Waals surface area contributed by atoms with Gasteiger partial charge in [0.15, 0.2) is 0 Å². The van der Waals surface area contributed by atoms with E-state index >= 15 is 0 Å². The van der Waals surface area contributed by atoms with Crippen molar-refractivity contribution in [1.29, 1.82) is 0 Å². The van der Waals surface area contributed by atoms with Crippen molar-refractivity contribution in [3.05, 3.63) is 29.8 Å². The normalized spacial score (nSPS) is 18.3. The highest BCUT2D eigenvalue weighted by Crippen LogP contribution is 2.18. The van der Waals surface area contributed by atoms with E-state index in [2.05, 4.69) is 32.6 Å². The SMILES string of the molecule is CCOc1ccc(CN2CCN(CC(=O)NC(=O)NC3CC3)CC2)cc1. The first-order chi connectivity index (χ1) is 12.6. The standard InChI is InChI=1S/C19H28N4O3/c1-2-26-17-7-3-15(4-8-17)13-22-9-11-23(12-10-22)14-18(24)21-19(25)20-16-5-6-16/h3-4,7-8,16H,2,5-6,9-14H2,1H3,(H2,20,21,24,25). The molecule has 0 bridgehead atoms. The van der Waals surface area contributed by atoms with E-state index in [0.717, 1.165) is 51.3 Å². The van der Waals surface area contributed by atoms with Crippen LogP contribution in [0.25, 0.3) is 0 Å². The number of rotatable bonds is 7. The molecule has 7 heteroatoms. The maximum absolute atomic E-state index is 11.9. The zero-order valence-electron chi connectivity index (χ0n) is 15.4. The van der Waals surface area contributed by atoms with Gasteiger partial charge >= 0.3 is 6.03 Å². The average molecular weight is 360 g/mol. The Labute approximate surface area is 154 Å². The molecule has 0 radical (unpaired) electrons. The molecule has 1 aliphatic heterocycles. The van der Waals surface area contributed by atoms with E-state index in [1.165, 1.54) is 5.56 Å². The molecule has 3 rings (SSSR count). The minimum absolute atomic E-state index is 0.233. The first kappa shape index (κ1) is 18.7. The molecule has 1 aliphatic carbocycles. The highest BCUT2D eigenvalue weighted by molar-refractivity contribution is 5.95. The van der Waals surface area contributed by atoms with Gasteiger partial charge in [0.05, 0.1) is 13.2 Å². The molecule has 0 atom stereocenters. The third kappa shape index (κ3) is 6.00. The topological polar surface area (TPSA) is 73.9 Å². The second-order valence-electron chi connectivity index (χ2n) is 6.93. The molecule has 142 valence electrons. The lowest BCUT2D eigenvalue weighted by Crippen LogP contribution is -2.50. The number of hydrogen-bond donors (Lipinski definition) is 2. The van der Waals surface area contributed by atoms with Crippen LogP contribution in [0.5, 0.6) is 5.75 Å². The van der Waals surface area contributed by atoms with Crippen LogP contribution in [0.3, 0.4) is 0 Å². The molecule has 26 heavy (non-hydrogen) atoms. The van der Waals surface area contributed by atoms with Crippen molar-refractivity contribution in [3.63, 3.8) is 0 Å². The number of imide groups is 1. The fraction of sp³-hybridized carbons (Fsp3) is 0.579. The minimum Gasteiger partial charge on any atom is -0.494 e. The molecule has 0 unspecified atom stereocenters. The number of piperazine rings is 1. The highest BCUT2D eigenvalue weighted by Gasteiger charge is 2.25. The number of nitrogens with zero attached hydrogens (tertiary/aromatic N) is 2. The maximum atomic E-state index is 11.9. The number of ether oxygens (including phenoxy) is 1. The first-order valence-corrected chi connectivity index (χ1v) is 9.39. The molecule has 1 saturated carbocycles. The van der Waals surface area contributed by atoms with Crippen LogP contribution < -0.4 is 15.4 Å². The van der Waals surface area contributed by atoms with Gasteiger partial charge in [-0.05, 0) is 37.5 Å². The molecular weight excluding hydrogens is 332 g/mol. The number of hydrogen-bond acceptors (Lipinski definition) is 5. The number of carbonyl (C=O) groups is 2. The summed E-state index contributed by atoms with van der Waals surface area (Å²) in [5.41, 5.74) is 1.26. The first-order valence-electron chi connectivity index (χ1n) is 9.39. The average Bonchev–Trinajstić information content (AvgIpc) is 3.42. The lowest BCUT2D eigenvalue weighted by atomic mass is 10.2. The summed E-state index contributed by atoms with van der Waals surface area (Å²) in [6.45, 7) is 7.31. The summed E-state index contributed by atoms with van der Waals surface area (Å²) >= 11 is 0. The lowest BCUT2D eigenvalue weighted by Gasteiger charge is -2.34. The summed E-state index contributed by atoms with van der Waals surface area (Å²) in [5, 5.41) is 5.17. The van der Waals surface area contributed by atoms with Crippen molar-refractivity contribution >= 4 is 11.9 Å². The van der Waals surface area contributed by atoms with E-state index in [9.17, 15) is 9.59 Å². The fourth-order valence-electron chi connectivity index (χ4n) is 3.04. The minimum atomic E-state index is -0.369. The van der Waals surface area contributed by atoms with Crippen LogP contribution in [-0.2, 0) is 11.3 Å². The highest BCUT2D eigenvalue weighted by atomic mass is 16.5. The van der Waals surface area contributed by atoms with Crippen molar-refractivity contribution in [2.24, 2.45) is 0 Å². The van der Waals surface area contributed by atoms with Gasteiger partial charge in [-0.2, -0.15) is 0 Å². The Balaban J connectivity index is 1.35. The van der Waals surface area contributed by atoms with Gasteiger partial charge in [0.25, 0.3) is 0 Å². The second-order valence-corrected chi connectivity index (χ2v) is 6.93. The molecule has 0 spiro atoms. The number of nitrogens with one attached hydrogen (secondary N) is 2. The predicted molar refractivity (Wildman–Crippen MR) is 99.0 cm³/mol. The Bertz CT molecular complexity index is 608. The van der Waals surface area contributed by atoms with E-state index in [0.29, 0.717) is 6.61 Å². The molecule has 1 heterocycles. The van der Waals surface area contributed by atoms with E-state index < -0.39 is 0 Å². The number of carbonyl (C=O) groups excluding carboxylic acids is 2. The van der Waals surface area contributed by atoms with Crippen LogP contribution in [0.1, 0.15) is 25.3 Å². The smallest absolute Gasteiger partial charge is 0.321 e. The van der Waals surface area contributed by atoms with Gasteiger partial charge in [-0.3, -0.25) is 19.9 Å². The zero-order chi connectivity index (χ0) is 18.4. The summed E-state index contributed by atoms with van der Waals surface area (Å²) in [6.07, 6.45) is 2.02. The van der Waals surface area contributed by atoms with Gasteiger partial charge in [0.2, 0.25) is 5.91 Å². The van der Waals surface area contributed by atoms with Crippen molar-refractivity contribution in [2.75, 3.05) is 39.3 Å². The lowest BCUT2D eigenvalue weighted by molar-refractivity contribution is -0.121. The Morgan fingerprint density at radius 1 is 1.08 bits per heavy atom. The Kier molecular flexibility index (Phi) is 6.46. The van der Waals surface area contributed by atoms with Gasteiger partial charge in [0.1, 0.15) is 5.75 Å². The largest absolute Gasteiger partial charge is 0.494 e. The molecule has 2 fully saturated rings. The van der Waals surface area contributed by atoms with Crippen LogP contribution >= 0.6 is 0 Å². The zero-order valence-corrected chi connectivity index (χ0v) is 15.4. The second kappa shape index (κ2) is 9.00. The number of amides is 3. The molecule has 2 N–H and O–H groups in total. The third-order valence-electron chi connectivity index (χ3n) is 4.64. The van der Waals surface area contributed by atoms with E-state index in [-0.39, 0.29) is 24.5 Å². The molecule has 1 aromatic rings. The summed E-state index contributed by atoms with van der Waals surface area (Å²) in [6, 6.07) is 8.10. The maximum Gasteiger partial charge on any atom is 0.321 e. The van der Waals surface area contributed by atoms with Gasteiger partial charge in [-0.25, -0.2) is 4.79 Å². The molecule has 0 aromatic heterocycles. The van der Waals surface area contributed by atoms with Crippen molar-refractivity contribution in [1.82, 2.24) is 20.4 Å². The van der Waals surface area contributed by atoms with Crippen molar-refractivity contribution in [2.45, 2.75) is 32.4 Å². The van der Waals surface area contributed by atoms with Crippen LogP contribution in [0.4, 0.5) is 4.79 Å². The van der Waals surface area contributed by atoms with Gasteiger partial charge < -0.3 is 10.1 Å². The summed E-state index contributed by atoms with van der Waals surface area (Å²) in [4.78, 5) is 28.0. The van der Waals surface area contributed by atoms with E-state index in [1.54, 1.807) is 0 Å². The summed E-state index contributed by atoms with van der Waals surface area (Å²) in [5.74, 6) is 0.668. The molecule has 1 aromatic carbocycles. The Morgan fingerprint density at radius 3 is 2.35 bits per heavy atom. The van der Waals surface area contributed by atoms with Gasteiger partial charge in [0, 0.05) is 38.8 Å². The van der Waals surface area contributed by atoms with E-state index in [4.69, 9.17) is 4.74 Å². The van der Waals surface area contributed by atoms with Crippen LogP contribution in [-0.4, -0.2) is 67.1 Å². The molecule has 2 aliphatic rings. The van der Waals surface area contributed by atoms with Crippen LogP contribution in [0, 0.1) is 0 Å². The fourth-order valence-corrected chi connectivity index (χ4v) is 3.04. The van der Waals surface area contributed by atoms with E-state index in [1.807, 2.05) is 19.1 Å². The monoisotopic (exact) mass is 360 g/mol. The Morgan fingerprint density at radius 2 is 1.73 bits per heavy atom. The van der Waals surface area contributed by atoms with Gasteiger partial charge in [-0.1, -0.05) is 12.1 Å². The number of benzene rings is 1. The third-order valence-corrected chi connectivity index (χ3v) is 4.64. The molecule has 7 nitrogen and oxygen atoms in total. The quantitative estimate of drug-likeness (QED) is 0.764. The molecule has 1 saturated heterocycles. The van der Waals surface area contributed by atoms with Gasteiger partial charge in [-0.15, -0.1) is 0 Å². The van der Waals surface area contributed by atoms with Crippen LogP contribution in [0.15, 0.2) is 24.3 Å². The van der Waals surface area contributed by atoms with Crippen LogP contribution in [0.2, 0.25) is 0 Å². The summed E-state index contributed by atoms with van der Waals surface area (Å²) < 4.78 is 5.47.